The normalized spacial score (nSPS) is 11.4. The molecule has 6 aromatic rings. The number of hydrogen-bond donors (Lipinski definition) is 1. The summed E-state index contributed by atoms with van der Waals surface area (Å²) in [5, 5.41) is 9.87. The number of hydrogen-bond acceptors (Lipinski definition) is 4. The summed E-state index contributed by atoms with van der Waals surface area (Å²) in [6.45, 7) is 4.24. The van der Waals surface area contributed by atoms with Crippen LogP contribution in [-0.4, -0.2) is 37.3 Å². The second-order valence-electron chi connectivity index (χ2n) is 10.3. The Morgan fingerprint density at radius 1 is 0.902 bits per heavy atom. The van der Waals surface area contributed by atoms with Gasteiger partial charge in [-0.2, -0.15) is 0 Å². The summed E-state index contributed by atoms with van der Waals surface area (Å²) in [5.41, 5.74) is 8.67. The second-order valence-corrected chi connectivity index (χ2v) is 10.3. The van der Waals surface area contributed by atoms with Gasteiger partial charge in [0.15, 0.2) is 0 Å². The van der Waals surface area contributed by atoms with Crippen molar-refractivity contribution in [2.45, 2.75) is 33.1 Å². The lowest BCUT2D eigenvalue weighted by atomic mass is 9.95. The summed E-state index contributed by atoms with van der Waals surface area (Å²) >= 11 is 0. The SMILES string of the molecule is CCCCc1nc2ccc(-c3nc4cc(OC)ccc4n3C)cc2n1-c1cccc(-c2ccccc2C(=O)O)c1C. The number of nitrogens with zero attached hydrogens (tertiary/aromatic N) is 4. The number of ether oxygens (including phenoxy) is 1. The maximum atomic E-state index is 12.0. The van der Waals surface area contributed by atoms with Crippen molar-refractivity contribution in [2.24, 2.45) is 7.05 Å². The lowest BCUT2D eigenvalue weighted by molar-refractivity contribution is 0.0697. The van der Waals surface area contributed by atoms with E-state index >= 15 is 0 Å². The molecular formula is C34H32N4O3. The molecule has 4 aromatic carbocycles. The summed E-state index contributed by atoms with van der Waals surface area (Å²) in [6, 6.07) is 25.5. The highest BCUT2D eigenvalue weighted by Gasteiger charge is 2.20. The number of aromatic nitrogens is 4. The number of rotatable bonds is 8. The molecule has 6 rings (SSSR count). The van der Waals surface area contributed by atoms with Gasteiger partial charge in [0.25, 0.3) is 0 Å². The molecule has 0 saturated heterocycles. The van der Waals surface area contributed by atoms with E-state index in [1.54, 1.807) is 19.2 Å². The second kappa shape index (κ2) is 10.6. The molecule has 0 fully saturated rings. The first-order valence-electron chi connectivity index (χ1n) is 13.9. The van der Waals surface area contributed by atoms with Gasteiger partial charge in [0, 0.05) is 25.1 Å². The van der Waals surface area contributed by atoms with Crippen molar-refractivity contribution in [3.8, 4) is 34.0 Å². The number of imidazole rings is 2. The first-order valence-corrected chi connectivity index (χ1v) is 13.9. The first kappa shape index (κ1) is 26.3. The molecule has 0 aliphatic carbocycles. The first-order chi connectivity index (χ1) is 19.9. The van der Waals surface area contributed by atoms with Crippen LogP contribution in [0.3, 0.4) is 0 Å². The molecule has 7 nitrogen and oxygen atoms in total. The van der Waals surface area contributed by atoms with Crippen molar-refractivity contribution < 1.29 is 14.6 Å². The number of aromatic carboxylic acids is 1. The average Bonchev–Trinajstić information content (AvgIpc) is 3.52. The third kappa shape index (κ3) is 4.53. The van der Waals surface area contributed by atoms with Crippen LogP contribution in [0.4, 0.5) is 0 Å². The molecule has 206 valence electrons. The van der Waals surface area contributed by atoms with Gasteiger partial charge in [0.2, 0.25) is 0 Å². The van der Waals surface area contributed by atoms with Crippen LogP contribution in [-0.2, 0) is 13.5 Å². The zero-order valence-corrected chi connectivity index (χ0v) is 23.7. The highest BCUT2D eigenvalue weighted by molar-refractivity contribution is 5.97. The van der Waals surface area contributed by atoms with Crippen LogP contribution in [0.15, 0.2) is 78.9 Å². The van der Waals surface area contributed by atoms with Crippen LogP contribution in [0.2, 0.25) is 0 Å². The monoisotopic (exact) mass is 544 g/mol. The minimum Gasteiger partial charge on any atom is -0.497 e. The van der Waals surface area contributed by atoms with E-state index in [0.29, 0.717) is 5.56 Å². The predicted molar refractivity (Wildman–Crippen MR) is 163 cm³/mol. The molecule has 0 saturated carbocycles. The van der Waals surface area contributed by atoms with Gasteiger partial charge in [-0.25, -0.2) is 14.8 Å². The van der Waals surface area contributed by atoms with Gasteiger partial charge in [-0.1, -0.05) is 43.7 Å². The third-order valence-electron chi connectivity index (χ3n) is 7.82. The van der Waals surface area contributed by atoms with Crippen molar-refractivity contribution in [3.05, 3.63) is 95.8 Å². The van der Waals surface area contributed by atoms with Crippen molar-refractivity contribution in [3.63, 3.8) is 0 Å². The van der Waals surface area contributed by atoms with Crippen LogP contribution in [0.25, 0.3) is 50.3 Å². The van der Waals surface area contributed by atoms with Crippen molar-refractivity contribution >= 4 is 28.0 Å². The molecule has 2 aromatic heterocycles. The van der Waals surface area contributed by atoms with Gasteiger partial charge in [0.05, 0.1) is 40.4 Å². The Balaban J connectivity index is 1.56. The van der Waals surface area contributed by atoms with Crippen LogP contribution in [0.5, 0.6) is 5.75 Å². The molecular weight excluding hydrogens is 512 g/mol. The van der Waals surface area contributed by atoms with Crippen LogP contribution >= 0.6 is 0 Å². The fourth-order valence-electron chi connectivity index (χ4n) is 5.66. The molecule has 1 N–H and O–H groups in total. The Morgan fingerprint density at radius 2 is 1.71 bits per heavy atom. The number of aryl methyl sites for hydroxylation is 2. The Morgan fingerprint density at radius 3 is 2.49 bits per heavy atom. The Bertz CT molecular complexity index is 1930. The summed E-state index contributed by atoms with van der Waals surface area (Å²) in [4.78, 5) is 22.1. The van der Waals surface area contributed by atoms with E-state index in [0.717, 1.165) is 81.1 Å². The quantitative estimate of drug-likeness (QED) is 0.213. The largest absolute Gasteiger partial charge is 0.497 e. The summed E-state index contributed by atoms with van der Waals surface area (Å²) in [7, 11) is 3.69. The topological polar surface area (TPSA) is 82.2 Å². The molecule has 0 spiro atoms. The Hall–Kier alpha value is -4.91. The maximum Gasteiger partial charge on any atom is 0.336 e. The molecule has 2 heterocycles. The van der Waals surface area contributed by atoms with Crippen molar-refractivity contribution in [2.75, 3.05) is 7.11 Å². The zero-order valence-electron chi connectivity index (χ0n) is 23.7. The van der Waals surface area contributed by atoms with Gasteiger partial charge in [-0.3, -0.25) is 4.57 Å². The number of methoxy groups -OCH3 is 1. The molecule has 0 radical (unpaired) electrons. The molecule has 0 aliphatic heterocycles. The molecule has 0 unspecified atom stereocenters. The van der Waals surface area contributed by atoms with Gasteiger partial charge in [-0.15, -0.1) is 0 Å². The molecule has 7 heteroatoms. The Kier molecular flexibility index (Phi) is 6.79. The van der Waals surface area contributed by atoms with Gasteiger partial charge in [-0.05, 0) is 72.5 Å². The number of benzene rings is 4. The lowest BCUT2D eigenvalue weighted by Crippen LogP contribution is -2.06. The molecule has 0 atom stereocenters. The molecule has 0 amide bonds. The number of unbranched alkanes of at least 4 members (excludes halogenated alkanes) is 1. The highest BCUT2D eigenvalue weighted by Crippen LogP contribution is 2.35. The van der Waals surface area contributed by atoms with Crippen LogP contribution < -0.4 is 4.74 Å². The van der Waals surface area contributed by atoms with Crippen LogP contribution in [0, 0.1) is 6.92 Å². The number of fused-ring (bicyclic) bond motifs is 2. The standard InChI is InChI=1S/C34H32N4O3/c1-5-6-14-32-35-27-17-15-22(33-36-28-20-23(41-4)16-18-30(28)37(33)3)19-31(27)38(32)29-13-9-12-24(21(29)2)25-10-7-8-11-26(25)34(39)40/h7-13,15-20H,5-6,14H2,1-4H3,(H,39,40). The number of carbonyl (C=O) groups is 1. The summed E-state index contributed by atoms with van der Waals surface area (Å²) in [6.07, 6.45) is 2.91. The fourth-order valence-corrected chi connectivity index (χ4v) is 5.66. The summed E-state index contributed by atoms with van der Waals surface area (Å²) < 4.78 is 9.75. The van der Waals surface area contributed by atoms with E-state index in [2.05, 4.69) is 47.2 Å². The molecule has 41 heavy (non-hydrogen) atoms. The lowest BCUT2D eigenvalue weighted by Gasteiger charge is -2.17. The number of carboxylic acids is 1. The van der Waals surface area contributed by atoms with Gasteiger partial charge in [0.1, 0.15) is 17.4 Å². The molecule has 0 aliphatic rings. The minimum absolute atomic E-state index is 0.287. The molecule has 0 bridgehead atoms. The highest BCUT2D eigenvalue weighted by atomic mass is 16.5. The summed E-state index contributed by atoms with van der Waals surface area (Å²) in [5.74, 6) is 1.68. The van der Waals surface area contributed by atoms with E-state index in [1.807, 2.05) is 49.5 Å². The average molecular weight is 545 g/mol. The van der Waals surface area contributed by atoms with Gasteiger partial charge < -0.3 is 14.4 Å². The van der Waals surface area contributed by atoms with E-state index in [1.165, 1.54) is 0 Å². The number of carboxylic acid groups (broad SMARTS) is 1. The zero-order chi connectivity index (χ0) is 28.7. The van der Waals surface area contributed by atoms with Gasteiger partial charge >= 0.3 is 5.97 Å². The van der Waals surface area contributed by atoms with E-state index in [9.17, 15) is 9.90 Å². The fraction of sp³-hybridized carbons (Fsp3) is 0.206. The van der Waals surface area contributed by atoms with E-state index < -0.39 is 5.97 Å². The van der Waals surface area contributed by atoms with Crippen molar-refractivity contribution in [1.29, 1.82) is 0 Å². The van der Waals surface area contributed by atoms with Crippen LogP contribution in [0.1, 0.15) is 41.5 Å². The smallest absolute Gasteiger partial charge is 0.336 e. The third-order valence-corrected chi connectivity index (χ3v) is 7.82. The van der Waals surface area contributed by atoms with E-state index in [-0.39, 0.29) is 5.56 Å². The minimum atomic E-state index is -0.938. The maximum absolute atomic E-state index is 12.0. The van der Waals surface area contributed by atoms with Crippen molar-refractivity contribution in [1.82, 2.24) is 19.1 Å². The Labute approximate surface area is 238 Å². The predicted octanol–water partition coefficient (Wildman–Crippen LogP) is 7.60. The van der Waals surface area contributed by atoms with E-state index in [4.69, 9.17) is 14.7 Å².